The number of aromatic nitrogens is 1. The van der Waals surface area contributed by atoms with Crippen molar-refractivity contribution in [1.82, 2.24) is 9.88 Å². The lowest BCUT2D eigenvalue weighted by Crippen LogP contribution is -2.31. The fraction of sp³-hybridized carbons (Fsp3) is 0.333. The van der Waals surface area contributed by atoms with Gasteiger partial charge in [-0.05, 0) is 18.1 Å². The number of hydrogen-bond acceptors (Lipinski definition) is 3. The summed E-state index contributed by atoms with van der Waals surface area (Å²) in [5, 5.41) is 12.0. The van der Waals surface area contributed by atoms with Crippen LogP contribution in [-0.4, -0.2) is 15.6 Å². The molecule has 0 fully saturated rings. The third-order valence-electron chi connectivity index (χ3n) is 4.01. The SMILES string of the molecule is C[C@@H](Cc1cccc(C(F)(F)F)c1)C(=O)NCc1cc(=O)c(O)cn1C. The number of amides is 1. The Kier molecular flexibility index (Phi) is 5.74. The average molecular weight is 368 g/mol. The first-order valence-corrected chi connectivity index (χ1v) is 7.90. The van der Waals surface area contributed by atoms with Crippen molar-refractivity contribution >= 4 is 5.91 Å². The second kappa shape index (κ2) is 7.63. The Labute approximate surface area is 148 Å². The van der Waals surface area contributed by atoms with Crippen molar-refractivity contribution in [1.29, 1.82) is 0 Å². The van der Waals surface area contributed by atoms with Crippen molar-refractivity contribution in [3.05, 3.63) is 63.6 Å². The number of rotatable bonds is 5. The van der Waals surface area contributed by atoms with Gasteiger partial charge in [0.15, 0.2) is 5.75 Å². The quantitative estimate of drug-likeness (QED) is 0.852. The maximum absolute atomic E-state index is 12.7. The molecule has 5 nitrogen and oxygen atoms in total. The number of aryl methyl sites for hydroxylation is 1. The first-order valence-electron chi connectivity index (χ1n) is 7.90. The van der Waals surface area contributed by atoms with Crippen LogP contribution in [0.2, 0.25) is 0 Å². The summed E-state index contributed by atoms with van der Waals surface area (Å²) >= 11 is 0. The normalized spacial score (nSPS) is 12.7. The number of nitrogens with one attached hydrogen (secondary N) is 1. The molecule has 0 radical (unpaired) electrons. The predicted octanol–water partition coefficient (Wildman–Crippen LogP) is 2.60. The maximum Gasteiger partial charge on any atom is 0.416 e. The second-order valence-electron chi connectivity index (χ2n) is 6.15. The van der Waals surface area contributed by atoms with Crippen LogP contribution in [-0.2, 0) is 31.0 Å². The van der Waals surface area contributed by atoms with Gasteiger partial charge in [-0.1, -0.05) is 25.1 Å². The molecule has 0 aliphatic heterocycles. The molecule has 2 N–H and O–H groups in total. The molecular weight excluding hydrogens is 349 g/mol. The molecule has 26 heavy (non-hydrogen) atoms. The van der Waals surface area contributed by atoms with E-state index in [4.69, 9.17) is 0 Å². The van der Waals surface area contributed by atoms with Gasteiger partial charge in [0.05, 0.1) is 12.1 Å². The van der Waals surface area contributed by atoms with Crippen molar-refractivity contribution < 1.29 is 23.1 Å². The van der Waals surface area contributed by atoms with E-state index in [2.05, 4.69) is 5.32 Å². The van der Waals surface area contributed by atoms with Crippen LogP contribution in [0.1, 0.15) is 23.7 Å². The standard InChI is InChI=1S/C18H19F3N2O3/c1-11(6-12-4-3-5-13(7-12)18(19,20)21)17(26)22-9-14-8-15(24)16(25)10-23(14)2/h3-5,7-8,10-11,25H,6,9H2,1-2H3,(H,22,26)/t11-/m0/s1. The van der Waals surface area contributed by atoms with Crippen LogP contribution >= 0.6 is 0 Å². The third-order valence-corrected chi connectivity index (χ3v) is 4.01. The highest BCUT2D eigenvalue weighted by atomic mass is 19.4. The lowest BCUT2D eigenvalue weighted by molar-refractivity contribution is -0.137. The Bertz CT molecular complexity index is 859. The minimum atomic E-state index is -4.43. The first-order chi connectivity index (χ1) is 12.1. The van der Waals surface area contributed by atoms with Gasteiger partial charge >= 0.3 is 6.18 Å². The molecule has 1 aromatic carbocycles. The molecule has 0 bridgehead atoms. The molecule has 1 aromatic heterocycles. The highest BCUT2D eigenvalue weighted by molar-refractivity contribution is 5.78. The van der Waals surface area contributed by atoms with E-state index in [0.29, 0.717) is 11.3 Å². The van der Waals surface area contributed by atoms with Crippen molar-refractivity contribution in [2.45, 2.75) is 26.1 Å². The highest BCUT2D eigenvalue weighted by Gasteiger charge is 2.30. The van der Waals surface area contributed by atoms with Gasteiger partial charge in [-0.25, -0.2) is 0 Å². The molecule has 0 spiro atoms. The first kappa shape index (κ1) is 19.6. The Morgan fingerprint density at radius 2 is 2.00 bits per heavy atom. The molecule has 1 amide bonds. The van der Waals surface area contributed by atoms with Crippen LogP contribution in [0.5, 0.6) is 5.75 Å². The summed E-state index contributed by atoms with van der Waals surface area (Å²) in [7, 11) is 1.62. The molecule has 140 valence electrons. The second-order valence-corrected chi connectivity index (χ2v) is 6.15. The Morgan fingerprint density at radius 1 is 1.31 bits per heavy atom. The predicted molar refractivity (Wildman–Crippen MR) is 89.5 cm³/mol. The zero-order valence-electron chi connectivity index (χ0n) is 14.3. The van der Waals surface area contributed by atoms with Crippen LogP contribution in [0.25, 0.3) is 0 Å². The number of carbonyl (C=O) groups excluding carboxylic acids is 1. The van der Waals surface area contributed by atoms with Gasteiger partial charge < -0.3 is 15.0 Å². The smallest absolute Gasteiger partial charge is 0.416 e. The van der Waals surface area contributed by atoms with Crippen LogP contribution in [0.3, 0.4) is 0 Å². The third kappa shape index (κ3) is 4.87. The number of halogens is 3. The molecule has 2 aromatic rings. The van der Waals surface area contributed by atoms with Crippen molar-refractivity contribution in [2.75, 3.05) is 0 Å². The largest absolute Gasteiger partial charge is 0.503 e. The minimum absolute atomic E-state index is 0.0672. The molecule has 8 heteroatoms. The van der Waals surface area contributed by atoms with E-state index >= 15 is 0 Å². The van der Waals surface area contributed by atoms with E-state index < -0.39 is 23.1 Å². The lowest BCUT2D eigenvalue weighted by atomic mass is 9.98. The number of carbonyl (C=O) groups is 1. The van der Waals surface area contributed by atoms with Gasteiger partial charge in [0.1, 0.15) is 0 Å². The van der Waals surface area contributed by atoms with Gasteiger partial charge in [-0.15, -0.1) is 0 Å². The van der Waals surface area contributed by atoms with E-state index in [1.807, 2.05) is 0 Å². The van der Waals surface area contributed by atoms with E-state index in [0.717, 1.165) is 12.1 Å². The van der Waals surface area contributed by atoms with E-state index in [-0.39, 0.29) is 24.6 Å². The van der Waals surface area contributed by atoms with Crippen molar-refractivity contribution in [3.8, 4) is 5.75 Å². The lowest BCUT2D eigenvalue weighted by Gasteiger charge is -2.15. The molecule has 2 rings (SSSR count). The Hall–Kier alpha value is -2.77. The van der Waals surface area contributed by atoms with Crippen LogP contribution in [0.4, 0.5) is 13.2 Å². The van der Waals surface area contributed by atoms with Crippen LogP contribution in [0.15, 0.2) is 41.3 Å². The zero-order chi connectivity index (χ0) is 19.5. The molecule has 1 atom stereocenters. The van der Waals surface area contributed by atoms with Gasteiger partial charge in [0.25, 0.3) is 0 Å². The van der Waals surface area contributed by atoms with Crippen molar-refractivity contribution in [3.63, 3.8) is 0 Å². The summed E-state index contributed by atoms with van der Waals surface area (Å²) in [4.78, 5) is 23.7. The Morgan fingerprint density at radius 3 is 2.65 bits per heavy atom. The number of alkyl halides is 3. The fourth-order valence-corrected chi connectivity index (χ4v) is 2.51. The molecule has 0 unspecified atom stereocenters. The fourth-order valence-electron chi connectivity index (χ4n) is 2.51. The molecule has 0 aliphatic carbocycles. The summed E-state index contributed by atoms with van der Waals surface area (Å²) in [6.45, 7) is 1.68. The minimum Gasteiger partial charge on any atom is -0.503 e. The van der Waals surface area contributed by atoms with E-state index in [1.165, 1.54) is 22.9 Å². The summed E-state index contributed by atoms with van der Waals surface area (Å²) in [6, 6.07) is 6.10. The average Bonchev–Trinajstić information content (AvgIpc) is 2.56. The molecule has 0 aliphatic rings. The monoisotopic (exact) mass is 368 g/mol. The summed E-state index contributed by atoms with van der Waals surface area (Å²) < 4.78 is 39.7. The van der Waals surface area contributed by atoms with Gasteiger partial charge in [-0.2, -0.15) is 13.2 Å². The van der Waals surface area contributed by atoms with Crippen LogP contribution < -0.4 is 10.7 Å². The zero-order valence-corrected chi connectivity index (χ0v) is 14.3. The Balaban J connectivity index is 2.00. The summed E-state index contributed by atoms with van der Waals surface area (Å²) in [5.41, 5.74) is -0.391. The van der Waals surface area contributed by atoms with Gasteiger partial charge in [-0.3, -0.25) is 9.59 Å². The molecule has 0 saturated heterocycles. The number of hydrogen-bond donors (Lipinski definition) is 2. The summed E-state index contributed by atoms with van der Waals surface area (Å²) in [5.74, 6) is -1.28. The van der Waals surface area contributed by atoms with Gasteiger partial charge in [0, 0.05) is 30.9 Å². The van der Waals surface area contributed by atoms with Gasteiger partial charge in [0.2, 0.25) is 11.3 Å². The van der Waals surface area contributed by atoms with Crippen molar-refractivity contribution in [2.24, 2.45) is 13.0 Å². The molecular formula is C18H19F3N2O3. The number of nitrogens with zero attached hydrogens (tertiary/aromatic N) is 1. The van der Waals surface area contributed by atoms with E-state index in [1.54, 1.807) is 20.0 Å². The topological polar surface area (TPSA) is 71.3 Å². The summed E-state index contributed by atoms with van der Waals surface area (Å²) in [6.07, 6.45) is -3.02. The number of benzene rings is 1. The molecule has 0 saturated carbocycles. The van der Waals surface area contributed by atoms with E-state index in [9.17, 15) is 27.9 Å². The molecule has 1 heterocycles. The van der Waals surface area contributed by atoms with Crippen LogP contribution in [0, 0.1) is 5.92 Å². The maximum atomic E-state index is 12.7. The number of aromatic hydroxyl groups is 1. The number of pyridine rings is 1. The highest BCUT2D eigenvalue weighted by Crippen LogP contribution is 2.30.